The van der Waals surface area contributed by atoms with Crippen molar-refractivity contribution in [2.24, 2.45) is 10.9 Å². The Hall–Kier alpha value is -0.180. The number of nitrogens with one attached hydrogen (secondary N) is 1. The van der Waals surface area contributed by atoms with E-state index in [0.29, 0.717) is 5.25 Å². The minimum Gasteiger partial charge on any atom is -0.360 e. The molecule has 0 bridgehead atoms. The van der Waals surface area contributed by atoms with Gasteiger partial charge in [-0.05, 0) is 32.1 Å². The third-order valence-electron chi connectivity index (χ3n) is 3.42. The number of aliphatic imine (C=N–C) groups is 1. The van der Waals surface area contributed by atoms with E-state index < -0.39 is 0 Å². The summed E-state index contributed by atoms with van der Waals surface area (Å²) in [6.45, 7) is 12.3. The van der Waals surface area contributed by atoms with E-state index in [1.54, 1.807) is 0 Å². The first-order chi connectivity index (χ1) is 7.49. The predicted octanol–water partition coefficient (Wildman–Crippen LogP) is 3.67. The maximum Gasteiger partial charge on any atom is 0.157 e. The molecule has 0 saturated heterocycles. The summed E-state index contributed by atoms with van der Waals surface area (Å²) in [5.74, 6) is 0.774. The minimum absolute atomic E-state index is 0.221. The first kappa shape index (κ1) is 13.9. The van der Waals surface area contributed by atoms with Crippen LogP contribution in [0.2, 0.25) is 0 Å². The third kappa shape index (κ3) is 4.00. The van der Waals surface area contributed by atoms with Crippen LogP contribution < -0.4 is 5.32 Å². The Labute approximate surface area is 105 Å². The molecular weight excluding hydrogens is 216 g/mol. The Morgan fingerprint density at radius 2 is 2.06 bits per heavy atom. The number of thioether (sulfide) groups is 1. The van der Waals surface area contributed by atoms with Crippen LogP contribution in [0.4, 0.5) is 0 Å². The highest BCUT2D eigenvalue weighted by atomic mass is 32.2. The molecule has 0 aromatic carbocycles. The summed E-state index contributed by atoms with van der Waals surface area (Å²) in [7, 11) is 0. The van der Waals surface area contributed by atoms with E-state index in [1.807, 2.05) is 11.8 Å². The van der Waals surface area contributed by atoms with Gasteiger partial charge in [0.2, 0.25) is 0 Å². The largest absolute Gasteiger partial charge is 0.360 e. The molecule has 0 aromatic rings. The SMILES string of the molecule is CCC(C)(CC)NC1=NCC(CC(C)C)S1. The van der Waals surface area contributed by atoms with Crippen molar-refractivity contribution in [1.29, 1.82) is 0 Å². The summed E-state index contributed by atoms with van der Waals surface area (Å²) in [6.07, 6.45) is 3.57. The van der Waals surface area contributed by atoms with Crippen molar-refractivity contribution >= 4 is 16.9 Å². The summed E-state index contributed by atoms with van der Waals surface area (Å²) in [5, 5.41) is 5.47. The van der Waals surface area contributed by atoms with Crippen LogP contribution in [0, 0.1) is 5.92 Å². The molecule has 1 atom stereocenters. The molecule has 0 saturated carbocycles. The zero-order chi connectivity index (χ0) is 12.2. The van der Waals surface area contributed by atoms with Crippen LogP contribution in [0.25, 0.3) is 0 Å². The highest BCUT2D eigenvalue weighted by Gasteiger charge is 2.26. The maximum absolute atomic E-state index is 4.62. The van der Waals surface area contributed by atoms with Crippen molar-refractivity contribution < 1.29 is 0 Å². The number of amidine groups is 1. The lowest BCUT2D eigenvalue weighted by atomic mass is 9.96. The normalized spacial score (nSPS) is 21.4. The van der Waals surface area contributed by atoms with Crippen molar-refractivity contribution in [3.05, 3.63) is 0 Å². The second-order valence-electron chi connectivity index (χ2n) is 5.41. The molecule has 3 heteroatoms. The van der Waals surface area contributed by atoms with Gasteiger partial charge in [-0.3, -0.25) is 4.99 Å². The van der Waals surface area contributed by atoms with Gasteiger partial charge in [-0.25, -0.2) is 0 Å². The molecule has 16 heavy (non-hydrogen) atoms. The smallest absolute Gasteiger partial charge is 0.157 e. The predicted molar refractivity (Wildman–Crippen MR) is 75.3 cm³/mol. The summed E-state index contributed by atoms with van der Waals surface area (Å²) in [4.78, 5) is 4.62. The Balaban J connectivity index is 2.41. The minimum atomic E-state index is 0.221. The second kappa shape index (κ2) is 5.95. The third-order valence-corrected chi connectivity index (χ3v) is 4.55. The molecular formula is C13H26N2S. The first-order valence-electron chi connectivity index (χ1n) is 6.48. The molecule has 94 valence electrons. The Kier molecular flexibility index (Phi) is 5.16. The topological polar surface area (TPSA) is 24.4 Å². The summed E-state index contributed by atoms with van der Waals surface area (Å²) in [6, 6.07) is 0. The van der Waals surface area contributed by atoms with Crippen LogP contribution in [0.5, 0.6) is 0 Å². The van der Waals surface area contributed by atoms with Crippen LogP contribution in [0.1, 0.15) is 53.9 Å². The van der Waals surface area contributed by atoms with Gasteiger partial charge in [-0.1, -0.05) is 39.5 Å². The lowest BCUT2D eigenvalue weighted by molar-refractivity contribution is 0.391. The first-order valence-corrected chi connectivity index (χ1v) is 7.36. The van der Waals surface area contributed by atoms with Crippen LogP contribution in [-0.2, 0) is 0 Å². The summed E-state index contributed by atoms with van der Waals surface area (Å²) < 4.78 is 0. The quantitative estimate of drug-likeness (QED) is 0.795. The molecule has 0 spiro atoms. The second-order valence-corrected chi connectivity index (χ2v) is 6.70. The van der Waals surface area contributed by atoms with E-state index in [9.17, 15) is 0 Å². The highest BCUT2D eigenvalue weighted by molar-refractivity contribution is 8.14. The molecule has 1 rings (SSSR count). The fraction of sp³-hybridized carbons (Fsp3) is 0.923. The van der Waals surface area contributed by atoms with Crippen molar-refractivity contribution in [2.75, 3.05) is 6.54 Å². The molecule has 0 amide bonds. The van der Waals surface area contributed by atoms with E-state index in [1.165, 1.54) is 6.42 Å². The van der Waals surface area contributed by atoms with Crippen molar-refractivity contribution in [3.63, 3.8) is 0 Å². The number of hydrogen-bond acceptors (Lipinski definition) is 3. The fourth-order valence-electron chi connectivity index (χ4n) is 1.82. The van der Waals surface area contributed by atoms with E-state index in [0.717, 1.165) is 30.5 Å². The van der Waals surface area contributed by atoms with Crippen LogP contribution in [0.3, 0.4) is 0 Å². The van der Waals surface area contributed by atoms with Gasteiger partial charge in [0.25, 0.3) is 0 Å². The number of hydrogen-bond donors (Lipinski definition) is 1. The summed E-state index contributed by atoms with van der Waals surface area (Å²) in [5.41, 5.74) is 0.221. The maximum atomic E-state index is 4.62. The van der Waals surface area contributed by atoms with Gasteiger partial charge in [0.1, 0.15) is 0 Å². The molecule has 0 aromatic heterocycles. The van der Waals surface area contributed by atoms with Gasteiger partial charge in [0.05, 0.1) is 6.54 Å². The fourth-order valence-corrected chi connectivity index (χ4v) is 3.22. The van der Waals surface area contributed by atoms with Gasteiger partial charge >= 0.3 is 0 Å². The molecule has 2 nitrogen and oxygen atoms in total. The van der Waals surface area contributed by atoms with E-state index in [4.69, 9.17) is 0 Å². The van der Waals surface area contributed by atoms with Gasteiger partial charge in [0.15, 0.2) is 5.17 Å². The summed E-state index contributed by atoms with van der Waals surface area (Å²) >= 11 is 1.94. The zero-order valence-corrected chi connectivity index (χ0v) is 12.2. The zero-order valence-electron chi connectivity index (χ0n) is 11.3. The Morgan fingerprint density at radius 3 is 2.56 bits per heavy atom. The molecule has 1 N–H and O–H groups in total. The van der Waals surface area contributed by atoms with E-state index in [2.05, 4.69) is 44.9 Å². The number of nitrogens with zero attached hydrogens (tertiary/aromatic N) is 1. The average Bonchev–Trinajstić information content (AvgIpc) is 2.64. The lowest BCUT2D eigenvalue weighted by Crippen LogP contribution is -2.43. The molecule has 0 radical (unpaired) electrons. The Morgan fingerprint density at radius 1 is 1.44 bits per heavy atom. The van der Waals surface area contributed by atoms with Gasteiger partial charge in [-0.15, -0.1) is 0 Å². The van der Waals surface area contributed by atoms with Crippen LogP contribution in [0.15, 0.2) is 4.99 Å². The van der Waals surface area contributed by atoms with Crippen molar-refractivity contribution in [3.8, 4) is 0 Å². The van der Waals surface area contributed by atoms with Gasteiger partial charge in [0, 0.05) is 10.8 Å². The molecule has 1 heterocycles. The van der Waals surface area contributed by atoms with Crippen LogP contribution in [-0.4, -0.2) is 22.5 Å². The monoisotopic (exact) mass is 242 g/mol. The van der Waals surface area contributed by atoms with Gasteiger partial charge < -0.3 is 5.32 Å². The average molecular weight is 242 g/mol. The molecule has 0 fully saturated rings. The van der Waals surface area contributed by atoms with E-state index in [-0.39, 0.29) is 5.54 Å². The number of rotatable bonds is 5. The molecule has 1 aliphatic rings. The standard InChI is InChI=1S/C13H26N2S/c1-6-13(5,7-2)15-12-14-9-11(16-12)8-10(3)4/h10-11H,6-9H2,1-5H3,(H,14,15). The van der Waals surface area contributed by atoms with Crippen molar-refractivity contribution in [2.45, 2.75) is 64.7 Å². The van der Waals surface area contributed by atoms with Gasteiger partial charge in [-0.2, -0.15) is 0 Å². The molecule has 1 unspecified atom stereocenters. The molecule has 0 aliphatic carbocycles. The highest BCUT2D eigenvalue weighted by Crippen LogP contribution is 2.27. The van der Waals surface area contributed by atoms with Crippen LogP contribution >= 0.6 is 11.8 Å². The lowest BCUT2D eigenvalue weighted by Gasteiger charge is -2.29. The Bertz CT molecular complexity index is 244. The van der Waals surface area contributed by atoms with Crippen molar-refractivity contribution in [1.82, 2.24) is 5.32 Å². The van der Waals surface area contributed by atoms with E-state index >= 15 is 0 Å². The molecule has 1 aliphatic heterocycles.